The molecule has 4 nitrogen and oxygen atoms in total. The van der Waals surface area contributed by atoms with Crippen molar-refractivity contribution < 1.29 is 17.9 Å². The molecule has 0 aliphatic heterocycles. The lowest BCUT2D eigenvalue weighted by Crippen LogP contribution is -2.00. The van der Waals surface area contributed by atoms with Crippen molar-refractivity contribution in [2.75, 3.05) is 7.11 Å². The van der Waals surface area contributed by atoms with E-state index in [1.165, 1.54) is 7.11 Å². The summed E-state index contributed by atoms with van der Waals surface area (Å²) >= 11 is 0. The summed E-state index contributed by atoms with van der Waals surface area (Å²) in [5.74, 6) is -0.627. The third-order valence-electron chi connectivity index (χ3n) is 2.66. The van der Waals surface area contributed by atoms with Gasteiger partial charge in [-0.2, -0.15) is 0 Å². The molecule has 0 saturated heterocycles. The van der Waals surface area contributed by atoms with Gasteiger partial charge >= 0.3 is 5.97 Å². The van der Waals surface area contributed by atoms with Gasteiger partial charge in [-0.25, -0.2) is 13.2 Å². The Morgan fingerprint density at radius 1 is 1.16 bits per heavy atom. The molecule has 100 valence electrons. The highest BCUT2D eigenvalue weighted by Crippen LogP contribution is 2.20. The maximum atomic E-state index is 11.4. The fraction of sp³-hybridized carbons (Fsp3) is 0.154. The highest BCUT2D eigenvalue weighted by molar-refractivity contribution is 8.13. The summed E-state index contributed by atoms with van der Waals surface area (Å²) in [6.07, 6.45) is 0. The number of carbonyl (C=O) groups excluding carboxylic acids is 1. The van der Waals surface area contributed by atoms with E-state index in [1.807, 2.05) is 0 Å². The SMILES string of the molecule is COC(=O)c1ccc2cc(CS(=O)(=O)Cl)ccc2c1. The van der Waals surface area contributed by atoms with Crippen LogP contribution in [0.1, 0.15) is 15.9 Å². The van der Waals surface area contributed by atoms with Crippen LogP contribution in [0.4, 0.5) is 0 Å². The molecule has 2 aromatic rings. The third kappa shape index (κ3) is 3.45. The first-order valence-corrected chi connectivity index (χ1v) is 7.90. The lowest BCUT2D eigenvalue weighted by Gasteiger charge is -2.04. The lowest BCUT2D eigenvalue weighted by atomic mass is 10.0. The zero-order valence-corrected chi connectivity index (χ0v) is 11.7. The predicted molar refractivity (Wildman–Crippen MR) is 73.8 cm³/mol. The Labute approximate surface area is 115 Å². The first kappa shape index (κ1) is 13.8. The third-order valence-corrected chi connectivity index (χ3v) is 3.67. The monoisotopic (exact) mass is 298 g/mol. The Hall–Kier alpha value is -1.59. The van der Waals surface area contributed by atoms with Gasteiger partial charge in [-0.05, 0) is 28.5 Å². The van der Waals surface area contributed by atoms with E-state index in [0.717, 1.165) is 10.8 Å². The van der Waals surface area contributed by atoms with E-state index < -0.39 is 15.0 Å². The molecule has 0 radical (unpaired) electrons. The number of carbonyl (C=O) groups is 1. The molecule has 19 heavy (non-hydrogen) atoms. The molecular weight excluding hydrogens is 288 g/mol. The van der Waals surface area contributed by atoms with Crippen molar-refractivity contribution in [3.63, 3.8) is 0 Å². The number of ether oxygens (including phenoxy) is 1. The number of esters is 1. The lowest BCUT2D eigenvalue weighted by molar-refractivity contribution is 0.0601. The molecule has 0 amide bonds. The van der Waals surface area contributed by atoms with Crippen LogP contribution in [0.3, 0.4) is 0 Å². The van der Waals surface area contributed by atoms with Gasteiger partial charge in [0.2, 0.25) is 9.05 Å². The Balaban J connectivity index is 2.43. The molecular formula is C13H11ClO4S. The fourth-order valence-electron chi connectivity index (χ4n) is 1.83. The fourth-order valence-corrected chi connectivity index (χ4v) is 2.78. The number of rotatable bonds is 3. The van der Waals surface area contributed by atoms with Gasteiger partial charge in [0.15, 0.2) is 0 Å². The van der Waals surface area contributed by atoms with Gasteiger partial charge in [0.25, 0.3) is 0 Å². The summed E-state index contributed by atoms with van der Waals surface area (Å²) < 4.78 is 26.7. The van der Waals surface area contributed by atoms with Crippen LogP contribution in [0.15, 0.2) is 36.4 Å². The van der Waals surface area contributed by atoms with E-state index in [0.29, 0.717) is 11.1 Å². The number of fused-ring (bicyclic) bond motifs is 1. The van der Waals surface area contributed by atoms with Crippen molar-refractivity contribution in [3.05, 3.63) is 47.5 Å². The normalized spacial score (nSPS) is 11.5. The number of halogens is 1. The van der Waals surface area contributed by atoms with Crippen molar-refractivity contribution >= 4 is 36.5 Å². The van der Waals surface area contributed by atoms with Crippen LogP contribution in [0.5, 0.6) is 0 Å². The molecule has 0 aliphatic rings. The molecule has 0 spiro atoms. The quantitative estimate of drug-likeness (QED) is 0.646. The van der Waals surface area contributed by atoms with Crippen molar-refractivity contribution in [3.8, 4) is 0 Å². The summed E-state index contributed by atoms with van der Waals surface area (Å²) in [4.78, 5) is 11.4. The minimum atomic E-state index is -3.57. The first-order valence-electron chi connectivity index (χ1n) is 5.42. The van der Waals surface area contributed by atoms with Crippen molar-refractivity contribution in [2.24, 2.45) is 0 Å². The minimum absolute atomic E-state index is 0.219. The van der Waals surface area contributed by atoms with Crippen LogP contribution in [-0.2, 0) is 19.5 Å². The Morgan fingerprint density at radius 3 is 2.42 bits per heavy atom. The molecule has 2 aromatic carbocycles. The Bertz CT molecular complexity index is 737. The van der Waals surface area contributed by atoms with Crippen LogP contribution in [0, 0.1) is 0 Å². The molecule has 0 aliphatic carbocycles. The zero-order valence-electron chi connectivity index (χ0n) is 10.1. The second-order valence-electron chi connectivity index (χ2n) is 4.07. The molecule has 6 heteroatoms. The molecule has 0 bridgehead atoms. The number of benzene rings is 2. The molecule has 2 rings (SSSR count). The average molecular weight is 299 g/mol. The molecule has 0 N–H and O–H groups in total. The summed E-state index contributed by atoms with van der Waals surface area (Å²) in [5, 5.41) is 1.67. The van der Waals surface area contributed by atoms with Gasteiger partial charge in [-0.15, -0.1) is 0 Å². The highest BCUT2D eigenvalue weighted by atomic mass is 35.7. The Morgan fingerprint density at radius 2 is 1.79 bits per heavy atom. The molecule has 0 aromatic heterocycles. The van der Waals surface area contributed by atoms with Crippen molar-refractivity contribution in [1.29, 1.82) is 0 Å². The van der Waals surface area contributed by atoms with Crippen LogP contribution in [-0.4, -0.2) is 21.5 Å². The molecule has 0 saturated carbocycles. The molecule has 0 atom stereocenters. The molecule has 0 heterocycles. The maximum absolute atomic E-state index is 11.4. The topological polar surface area (TPSA) is 60.4 Å². The predicted octanol–water partition coefficient (Wildman–Crippen LogP) is 2.70. The maximum Gasteiger partial charge on any atom is 0.337 e. The summed E-state index contributed by atoms with van der Waals surface area (Å²) in [6, 6.07) is 10.2. The van der Waals surface area contributed by atoms with Gasteiger partial charge in [0, 0.05) is 10.7 Å². The van der Waals surface area contributed by atoms with Crippen molar-refractivity contribution in [1.82, 2.24) is 0 Å². The van der Waals surface area contributed by atoms with E-state index in [-0.39, 0.29) is 5.75 Å². The van der Waals surface area contributed by atoms with Gasteiger partial charge in [-0.1, -0.05) is 24.3 Å². The largest absolute Gasteiger partial charge is 0.465 e. The smallest absolute Gasteiger partial charge is 0.337 e. The Kier molecular flexibility index (Phi) is 3.78. The van der Waals surface area contributed by atoms with E-state index in [1.54, 1.807) is 36.4 Å². The zero-order chi connectivity index (χ0) is 14.0. The van der Waals surface area contributed by atoms with Gasteiger partial charge in [0.05, 0.1) is 18.4 Å². The molecule has 0 unspecified atom stereocenters. The van der Waals surface area contributed by atoms with Crippen LogP contribution >= 0.6 is 10.7 Å². The second kappa shape index (κ2) is 5.19. The number of hydrogen-bond acceptors (Lipinski definition) is 4. The van der Waals surface area contributed by atoms with Crippen LogP contribution < -0.4 is 0 Å². The van der Waals surface area contributed by atoms with Crippen LogP contribution in [0.2, 0.25) is 0 Å². The standard InChI is InChI=1S/C13H11ClO4S/c1-18-13(15)12-5-4-10-6-9(8-19(14,16)17)2-3-11(10)7-12/h2-7H,8H2,1H3. The number of methoxy groups -OCH3 is 1. The van der Waals surface area contributed by atoms with E-state index in [4.69, 9.17) is 10.7 Å². The summed E-state index contributed by atoms with van der Waals surface area (Å²) in [7, 11) is 2.96. The molecule has 0 fully saturated rings. The average Bonchev–Trinajstić information content (AvgIpc) is 2.35. The first-order chi connectivity index (χ1) is 8.89. The summed E-state index contributed by atoms with van der Waals surface area (Å²) in [6.45, 7) is 0. The van der Waals surface area contributed by atoms with Gasteiger partial charge < -0.3 is 4.74 Å². The minimum Gasteiger partial charge on any atom is -0.465 e. The van der Waals surface area contributed by atoms with Gasteiger partial charge in [0.1, 0.15) is 0 Å². The van der Waals surface area contributed by atoms with Gasteiger partial charge in [-0.3, -0.25) is 0 Å². The van der Waals surface area contributed by atoms with E-state index >= 15 is 0 Å². The van der Waals surface area contributed by atoms with E-state index in [2.05, 4.69) is 4.74 Å². The number of hydrogen-bond donors (Lipinski definition) is 0. The summed E-state index contributed by atoms with van der Waals surface area (Å²) in [5.41, 5.74) is 1.06. The van der Waals surface area contributed by atoms with E-state index in [9.17, 15) is 13.2 Å². The highest BCUT2D eigenvalue weighted by Gasteiger charge is 2.09. The second-order valence-corrected chi connectivity index (χ2v) is 6.85. The van der Waals surface area contributed by atoms with Crippen LogP contribution in [0.25, 0.3) is 10.8 Å². The van der Waals surface area contributed by atoms with Crippen molar-refractivity contribution in [2.45, 2.75) is 5.75 Å².